The van der Waals surface area contributed by atoms with Crippen molar-refractivity contribution < 1.29 is 27.1 Å². The molecule has 1 aromatic rings. The van der Waals surface area contributed by atoms with E-state index in [2.05, 4.69) is 4.74 Å². The summed E-state index contributed by atoms with van der Waals surface area (Å²) < 4.78 is 46.5. The Bertz CT molecular complexity index is 642. The number of nitrogens with two attached hydrogens (primary N) is 1. The van der Waals surface area contributed by atoms with Crippen LogP contribution in [0, 0.1) is 11.7 Å². The van der Waals surface area contributed by atoms with Crippen molar-refractivity contribution in [1.29, 1.82) is 0 Å². The van der Waals surface area contributed by atoms with Crippen LogP contribution in [0.5, 0.6) is 5.75 Å². The minimum absolute atomic E-state index is 0.0646. The number of rotatable bonds is 5. The molecule has 21 heavy (non-hydrogen) atoms. The summed E-state index contributed by atoms with van der Waals surface area (Å²) in [5, 5.41) is 4.99. The number of sulfonamides is 1. The normalized spacial score (nSPS) is 13.1. The topological polar surface area (TPSA) is 95.7 Å². The summed E-state index contributed by atoms with van der Waals surface area (Å²) in [7, 11) is -3.14. The average molecular weight is 319 g/mol. The lowest BCUT2D eigenvalue weighted by atomic mass is 10.1. The molecule has 0 spiro atoms. The van der Waals surface area contributed by atoms with Crippen molar-refractivity contribution in [1.82, 2.24) is 0 Å². The Balaban J connectivity index is 3.28. The lowest BCUT2D eigenvalue weighted by Crippen LogP contribution is -2.21. The molecule has 6 nitrogen and oxygen atoms in total. The molecule has 0 amide bonds. The lowest BCUT2D eigenvalue weighted by molar-refractivity contribution is 0.0237. The highest BCUT2D eigenvalue weighted by atomic mass is 32.2. The Morgan fingerprint density at radius 3 is 2.29 bits per heavy atom. The molecule has 8 heteroatoms. The number of ether oxygens (including phenoxy) is 2. The van der Waals surface area contributed by atoms with Crippen LogP contribution >= 0.6 is 0 Å². The van der Waals surface area contributed by atoms with E-state index in [-0.39, 0.29) is 11.5 Å². The standard InChI is InChI=1S/C13H18FNO5S/c1-7(2)8(3)20-13(16)9-5-10(14)12(19-4)11(6-9)21(15,17)18/h5-8H,1-4H3,(H2,15,17,18). The van der Waals surface area contributed by atoms with E-state index in [0.717, 1.165) is 19.2 Å². The number of halogens is 1. The second kappa shape index (κ2) is 6.40. The average Bonchev–Trinajstić information content (AvgIpc) is 2.36. The molecular weight excluding hydrogens is 301 g/mol. The molecule has 0 fully saturated rings. The summed E-state index contributed by atoms with van der Waals surface area (Å²) in [6.07, 6.45) is -0.402. The molecule has 0 aliphatic carbocycles. The van der Waals surface area contributed by atoms with Gasteiger partial charge in [0.15, 0.2) is 11.6 Å². The molecule has 0 aliphatic heterocycles. The van der Waals surface area contributed by atoms with Crippen LogP contribution in [0.3, 0.4) is 0 Å². The van der Waals surface area contributed by atoms with Crippen LogP contribution in [-0.2, 0) is 14.8 Å². The van der Waals surface area contributed by atoms with E-state index in [1.807, 2.05) is 13.8 Å². The Morgan fingerprint density at radius 2 is 1.86 bits per heavy atom. The van der Waals surface area contributed by atoms with E-state index in [1.165, 1.54) is 0 Å². The third kappa shape index (κ3) is 4.15. The van der Waals surface area contributed by atoms with Gasteiger partial charge in [0, 0.05) is 0 Å². The Morgan fingerprint density at radius 1 is 1.29 bits per heavy atom. The quantitative estimate of drug-likeness (QED) is 0.833. The molecule has 1 aromatic carbocycles. The van der Waals surface area contributed by atoms with E-state index in [4.69, 9.17) is 9.88 Å². The molecular formula is C13H18FNO5S. The lowest BCUT2D eigenvalue weighted by Gasteiger charge is -2.17. The van der Waals surface area contributed by atoms with Crippen LogP contribution in [0.1, 0.15) is 31.1 Å². The summed E-state index contributed by atoms with van der Waals surface area (Å²) in [4.78, 5) is 11.3. The van der Waals surface area contributed by atoms with Gasteiger partial charge in [-0.25, -0.2) is 22.7 Å². The predicted octanol–water partition coefficient (Wildman–Crippen LogP) is 1.68. The number of hydrogen-bond acceptors (Lipinski definition) is 5. The molecule has 0 radical (unpaired) electrons. The van der Waals surface area contributed by atoms with Crippen molar-refractivity contribution >= 4 is 16.0 Å². The summed E-state index contributed by atoms with van der Waals surface area (Å²) in [6.45, 7) is 5.38. The van der Waals surface area contributed by atoms with Crippen molar-refractivity contribution in [3.63, 3.8) is 0 Å². The van der Waals surface area contributed by atoms with E-state index in [9.17, 15) is 17.6 Å². The van der Waals surface area contributed by atoms with Crippen LogP contribution in [0.2, 0.25) is 0 Å². The molecule has 1 atom stereocenters. The van der Waals surface area contributed by atoms with E-state index in [0.29, 0.717) is 0 Å². The minimum atomic E-state index is -4.24. The maximum atomic E-state index is 13.8. The predicted molar refractivity (Wildman–Crippen MR) is 74.0 cm³/mol. The fourth-order valence-electron chi connectivity index (χ4n) is 1.47. The SMILES string of the molecule is COc1c(F)cc(C(=O)OC(C)C(C)C)cc1S(N)(=O)=O. The highest BCUT2D eigenvalue weighted by molar-refractivity contribution is 7.89. The first-order chi connectivity index (χ1) is 9.57. The van der Waals surface area contributed by atoms with Crippen molar-refractivity contribution in [2.45, 2.75) is 31.8 Å². The molecule has 1 unspecified atom stereocenters. The van der Waals surface area contributed by atoms with Gasteiger partial charge < -0.3 is 9.47 Å². The monoisotopic (exact) mass is 319 g/mol. The van der Waals surface area contributed by atoms with Crippen molar-refractivity contribution in [2.75, 3.05) is 7.11 Å². The van der Waals surface area contributed by atoms with Crippen molar-refractivity contribution in [3.8, 4) is 5.75 Å². The van der Waals surface area contributed by atoms with Crippen LogP contribution < -0.4 is 9.88 Å². The van der Waals surface area contributed by atoms with Crippen LogP contribution in [0.15, 0.2) is 17.0 Å². The van der Waals surface area contributed by atoms with Gasteiger partial charge in [-0.05, 0) is 25.0 Å². The molecule has 0 heterocycles. The van der Waals surface area contributed by atoms with Gasteiger partial charge >= 0.3 is 5.97 Å². The van der Waals surface area contributed by atoms with Gasteiger partial charge in [0.2, 0.25) is 10.0 Å². The molecule has 0 saturated heterocycles. The highest BCUT2D eigenvalue weighted by Crippen LogP contribution is 2.28. The number of methoxy groups -OCH3 is 1. The highest BCUT2D eigenvalue weighted by Gasteiger charge is 2.24. The molecule has 0 aromatic heterocycles. The molecule has 118 valence electrons. The first-order valence-corrected chi connectivity index (χ1v) is 7.73. The summed E-state index contributed by atoms with van der Waals surface area (Å²) in [5.41, 5.74) is -0.246. The largest absolute Gasteiger partial charge is 0.492 e. The van der Waals surface area contributed by atoms with Gasteiger partial charge in [0.05, 0.1) is 12.7 Å². The number of esters is 1. The maximum absolute atomic E-state index is 13.8. The third-order valence-corrected chi connectivity index (χ3v) is 3.90. The number of carbonyl (C=O) groups excluding carboxylic acids is 1. The van der Waals surface area contributed by atoms with Gasteiger partial charge in [0.1, 0.15) is 11.0 Å². The van der Waals surface area contributed by atoms with Crippen LogP contribution in [-0.4, -0.2) is 27.6 Å². The number of hydrogen-bond donors (Lipinski definition) is 1. The van der Waals surface area contributed by atoms with E-state index < -0.39 is 38.6 Å². The minimum Gasteiger partial charge on any atom is -0.492 e. The molecule has 1 rings (SSSR count). The van der Waals surface area contributed by atoms with Crippen LogP contribution in [0.25, 0.3) is 0 Å². The number of primary sulfonamides is 1. The zero-order chi connectivity index (χ0) is 16.4. The van der Waals surface area contributed by atoms with Gasteiger partial charge in [-0.15, -0.1) is 0 Å². The number of carbonyl (C=O) groups is 1. The second-order valence-electron chi connectivity index (χ2n) is 4.89. The van der Waals surface area contributed by atoms with E-state index >= 15 is 0 Å². The first-order valence-electron chi connectivity index (χ1n) is 6.19. The van der Waals surface area contributed by atoms with Gasteiger partial charge in [-0.3, -0.25) is 0 Å². The summed E-state index contributed by atoms with van der Waals surface area (Å²) in [5.74, 6) is -2.31. The molecule has 0 aliphatic rings. The van der Waals surface area contributed by atoms with Gasteiger partial charge in [0.25, 0.3) is 0 Å². The molecule has 2 N–H and O–H groups in total. The Hall–Kier alpha value is -1.67. The zero-order valence-electron chi connectivity index (χ0n) is 12.2. The second-order valence-corrected chi connectivity index (χ2v) is 6.42. The number of benzene rings is 1. The van der Waals surface area contributed by atoms with Crippen LogP contribution in [0.4, 0.5) is 4.39 Å². The smallest absolute Gasteiger partial charge is 0.338 e. The zero-order valence-corrected chi connectivity index (χ0v) is 13.0. The third-order valence-electron chi connectivity index (χ3n) is 2.99. The fourth-order valence-corrected chi connectivity index (χ4v) is 2.20. The Kier molecular flexibility index (Phi) is 5.30. The fraction of sp³-hybridized carbons (Fsp3) is 0.462. The van der Waals surface area contributed by atoms with Gasteiger partial charge in [-0.2, -0.15) is 0 Å². The van der Waals surface area contributed by atoms with Crippen molar-refractivity contribution in [3.05, 3.63) is 23.5 Å². The van der Waals surface area contributed by atoms with Crippen molar-refractivity contribution in [2.24, 2.45) is 11.1 Å². The molecule has 0 bridgehead atoms. The summed E-state index contributed by atoms with van der Waals surface area (Å²) in [6, 6.07) is 1.79. The first kappa shape index (κ1) is 17.4. The Labute approximate surface area is 123 Å². The van der Waals surface area contributed by atoms with Gasteiger partial charge in [-0.1, -0.05) is 13.8 Å². The summed E-state index contributed by atoms with van der Waals surface area (Å²) >= 11 is 0. The maximum Gasteiger partial charge on any atom is 0.338 e. The molecule has 0 saturated carbocycles. The van der Waals surface area contributed by atoms with E-state index in [1.54, 1.807) is 6.92 Å².